The fourth-order valence-corrected chi connectivity index (χ4v) is 2.51. The maximum Gasteiger partial charge on any atom is 0.317 e. The van der Waals surface area contributed by atoms with Gasteiger partial charge in [0.1, 0.15) is 0 Å². The molecule has 0 bridgehead atoms. The van der Waals surface area contributed by atoms with Gasteiger partial charge < -0.3 is 25.2 Å². The first-order chi connectivity index (χ1) is 9.70. The third kappa shape index (κ3) is 4.08. The summed E-state index contributed by atoms with van der Waals surface area (Å²) in [5.74, 6) is 0.142. The maximum absolute atomic E-state index is 12.2. The zero-order valence-electron chi connectivity index (χ0n) is 12.1. The second-order valence-corrected chi connectivity index (χ2v) is 5.13. The molecule has 0 saturated carbocycles. The number of ether oxygens (including phenoxy) is 1. The van der Waals surface area contributed by atoms with Gasteiger partial charge in [-0.3, -0.25) is 4.79 Å². The highest BCUT2D eigenvalue weighted by molar-refractivity contribution is 5.78. The van der Waals surface area contributed by atoms with Crippen LogP contribution in [0, 0.1) is 0 Å². The second kappa shape index (κ2) is 7.44. The number of hydrogen-bond donors (Lipinski definition) is 2. The summed E-state index contributed by atoms with van der Waals surface area (Å²) < 4.78 is 5.35. The molecule has 2 aliphatic rings. The van der Waals surface area contributed by atoms with Crippen molar-refractivity contribution in [1.29, 1.82) is 0 Å². The van der Waals surface area contributed by atoms with E-state index in [2.05, 4.69) is 10.6 Å². The van der Waals surface area contributed by atoms with Crippen LogP contribution in [0.15, 0.2) is 0 Å². The molecular formula is C13H24N4O3. The predicted octanol–water partition coefficient (Wildman–Crippen LogP) is -0.761. The van der Waals surface area contributed by atoms with Gasteiger partial charge in [0.05, 0.1) is 13.2 Å². The molecule has 0 aromatic rings. The van der Waals surface area contributed by atoms with Gasteiger partial charge >= 0.3 is 6.03 Å². The highest BCUT2D eigenvalue weighted by atomic mass is 16.5. The molecule has 20 heavy (non-hydrogen) atoms. The molecule has 2 N–H and O–H groups in total. The third-order valence-electron chi connectivity index (χ3n) is 3.67. The Morgan fingerprint density at radius 2 is 1.95 bits per heavy atom. The minimum absolute atomic E-state index is 0.0399. The van der Waals surface area contributed by atoms with E-state index in [1.807, 2.05) is 11.8 Å². The first-order valence-electron chi connectivity index (χ1n) is 7.32. The Kier molecular flexibility index (Phi) is 5.60. The lowest BCUT2D eigenvalue weighted by Gasteiger charge is -2.35. The van der Waals surface area contributed by atoms with E-state index >= 15 is 0 Å². The molecule has 2 aliphatic heterocycles. The molecule has 0 aromatic heterocycles. The van der Waals surface area contributed by atoms with Crippen molar-refractivity contribution in [2.45, 2.75) is 19.4 Å². The van der Waals surface area contributed by atoms with Gasteiger partial charge in [0, 0.05) is 51.7 Å². The lowest BCUT2D eigenvalue weighted by Crippen LogP contribution is -2.54. The van der Waals surface area contributed by atoms with Crippen molar-refractivity contribution in [3.63, 3.8) is 0 Å². The minimum atomic E-state index is -0.0399. The quantitative estimate of drug-likeness (QED) is 0.714. The van der Waals surface area contributed by atoms with Crippen LogP contribution in [-0.2, 0) is 9.53 Å². The van der Waals surface area contributed by atoms with E-state index in [0.717, 1.165) is 13.2 Å². The SMILES string of the molecule is CCNC(=O)N1CCN(C(=O)CC2COCCN2)CC1. The van der Waals surface area contributed by atoms with Crippen LogP contribution in [0.3, 0.4) is 0 Å². The van der Waals surface area contributed by atoms with E-state index in [1.54, 1.807) is 4.90 Å². The van der Waals surface area contributed by atoms with Gasteiger partial charge in [0.2, 0.25) is 5.91 Å². The molecule has 2 rings (SSSR count). The topological polar surface area (TPSA) is 73.9 Å². The van der Waals surface area contributed by atoms with Crippen LogP contribution in [0.4, 0.5) is 4.79 Å². The van der Waals surface area contributed by atoms with E-state index in [9.17, 15) is 9.59 Å². The summed E-state index contributed by atoms with van der Waals surface area (Å²) in [5, 5.41) is 6.07. The largest absolute Gasteiger partial charge is 0.378 e. The second-order valence-electron chi connectivity index (χ2n) is 5.13. The van der Waals surface area contributed by atoms with E-state index in [4.69, 9.17) is 4.74 Å². The molecule has 3 amide bonds. The summed E-state index contributed by atoms with van der Waals surface area (Å²) >= 11 is 0. The first-order valence-corrected chi connectivity index (χ1v) is 7.32. The van der Waals surface area contributed by atoms with Crippen LogP contribution in [0.25, 0.3) is 0 Å². The van der Waals surface area contributed by atoms with Gasteiger partial charge in [0.15, 0.2) is 0 Å². The van der Waals surface area contributed by atoms with Crippen molar-refractivity contribution in [1.82, 2.24) is 20.4 Å². The lowest BCUT2D eigenvalue weighted by molar-refractivity contribution is -0.133. The number of rotatable bonds is 3. The summed E-state index contributed by atoms with van der Waals surface area (Å²) in [7, 11) is 0. The number of nitrogens with one attached hydrogen (secondary N) is 2. The van der Waals surface area contributed by atoms with E-state index in [0.29, 0.717) is 45.8 Å². The average Bonchev–Trinajstić information content (AvgIpc) is 2.48. The molecule has 0 aromatic carbocycles. The fraction of sp³-hybridized carbons (Fsp3) is 0.846. The molecule has 0 radical (unpaired) electrons. The zero-order valence-corrected chi connectivity index (χ0v) is 12.1. The Labute approximate surface area is 119 Å². The molecule has 2 saturated heterocycles. The molecule has 114 valence electrons. The average molecular weight is 284 g/mol. The van der Waals surface area contributed by atoms with Gasteiger partial charge in [-0.15, -0.1) is 0 Å². The van der Waals surface area contributed by atoms with Gasteiger partial charge in [0.25, 0.3) is 0 Å². The van der Waals surface area contributed by atoms with Crippen molar-refractivity contribution in [3.05, 3.63) is 0 Å². The number of nitrogens with zero attached hydrogens (tertiary/aromatic N) is 2. The zero-order chi connectivity index (χ0) is 14.4. The highest BCUT2D eigenvalue weighted by Crippen LogP contribution is 2.07. The van der Waals surface area contributed by atoms with Crippen molar-refractivity contribution < 1.29 is 14.3 Å². The number of carbonyl (C=O) groups is 2. The van der Waals surface area contributed by atoms with Crippen LogP contribution in [0.2, 0.25) is 0 Å². The van der Waals surface area contributed by atoms with Crippen molar-refractivity contribution >= 4 is 11.9 Å². The van der Waals surface area contributed by atoms with Crippen molar-refractivity contribution in [3.8, 4) is 0 Å². The Hall–Kier alpha value is -1.34. The third-order valence-corrected chi connectivity index (χ3v) is 3.67. The minimum Gasteiger partial charge on any atom is -0.378 e. The molecule has 0 spiro atoms. The van der Waals surface area contributed by atoms with Crippen LogP contribution in [0.5, 0.6) is 0 Å². The van der Waals surface area contributed by atoms with E-state index in [1.165, 1.54) is 0 Å². The molecule has 1 atom stereocenters. The van der Waals surface area contributed by atoms with Gasteiger partial charge in [-0.2, -0.15) is 0 Å². The number of piperazine rings is 1. The summed E-state index contributed by atoms with van der Waals surface area (Å²) in [6, 6.07) is 0.0830. The molecule has 2 heterocycles. The number of morpholine rings is 1. The smallest absolute Gasteiger partial charge is 0.317 e. The lowest BCUT2D eigenvalue weighted by atomic mass is 10.1. The number of hydrogen-bond acceptors (Lipinski definition) is 4. The predicted molar refractivity (Wildman–Crippen MR) is 74.5 cm³/mol. The van der Waals surface area contributed by atoms with Gasteiger partial charge in [-0.25, -0.2) is 4.79 Å². The normalized spacial score (nSPS) is 23.6. The number of amides is 3. The molecule has 2 fully saturated rings. The summed E-state index contributed by atoms with van der Waals surface area (Å²) in [4.78, 5) is 27.5. The Morgan fingerprint density at radius 3 is 2.55 bits per heavy atom. The Bertz CT molecular complexity index is 337. The van der Waals surface area contributed by atoms with E-state index in [-0.39, 0.29) is 18.0 Å². The first kappa shape index (κ1) is 15.1. The summed E-state index contributed by atoms with van der Waals surface area (Å²) in [5.41, 5.74) is 0. The standard InChI is InChI=1S/C13H24N4O3/c1-2-14-13(19)17-6-4-16(5-7-17)12(18)9-11-10-20-8-3-15-11/h11,15H,2-10H2,1H3,(H,14,19). The van der Waals surface area contributed by atoms with Gasteiger partial charge in [-0.1, -0.05) is 0 Å². The summed E-state index contributed by atoms with van der Waals surface area (Å²) in [6.45, 7) is 7.09. The van der Waals surface area contributed by atoms with Gasteiger partial charge in [-0.05, 0) is 6.92 Å². The monoisotopic (exact) mass is 284 g/mol. The van der Waals surface area contributed by atoms with Crippen LogP contribution < -0.4 is 10.6 Å². The maximum atomic E-state index is 12.2. The number of urea groups is 1. The molecule has 0 aliphatic carbocycles. The van der Waals surface area contributed by atoms with Crippen molar-refractivity contribution in [2.75, 3.05) is 52.5 Å². The fourth-order valence-electron chi connectivity index (χ4n) is 2.51. The van der Waals surface area contributed by atoms with E-state index < -0.39 is 0 Å². The van der Waals surface area contributed by atoms with Crippen LogP contribution in [0.1, 0.15) is 13.3 Å². The molecular weight excluding hydrogens is 260 g/mol. The highest BCUT2D eigenvalue weighted by Gasteiger charge is 2.26. The Balaban J connectivity index is 1.72. The molecule has 1 unspecified atom stereocenters. The molecule has 7 heteroatoms. The van der Waals surface area contributed by atoms with Crippen molar-refractivity contribution in [2.24, 2.45) is 0 Å². The Morgan fingerprint density at radius 1 is 1.25 bits per heavy atom. The number of carbonyl (C=O) groups excluding carboxylic acids is 2. The van der Waals surface area contributed by atoms with Crippen LogP contribution in [-0.4, -0.2) is 80.3 Å². The molecule has 7 nitrogen and oxygen atoms in total. The van der Waals surface area contributed by atoms with Crippen LogP contribution >= 0.6 is 0 Å². The summed E-state index contributed by atoms with van der Waals surface area (Å²) in [6.07, 6.45) is 0.473.